The number of hydrogen-bond acceptors (Lipinski definition) is 5. The van der Waals surface area contributed by atoms with Crippen molar-refractivity contribution in [3.05, 3.63) is 50.2 Å². The van der Waals surface area contributed by atoms with Crippen LogP contribution in [0.2, 0.25) is 0 Å². The molecule has 0 atom stereocenters. The summed E-state index contributed by atoms with van der Waals surface area (Å²) in [6, 6.07) is 3.24. The Labute approximate surface area is 128 Å². The Morgan fingerprint density at radius 1 is 1.05 bits per heavy atom. The van der Waals surface area contributed by atoms with E-state index in [1.54, 1.807) is 0 Å². The van der Waals surface area contributed by atoms with Crippen molar-refractivity contribution >= 4 is 5.82 Å². The fraction of sp³-hybridized carbons (Fsp3) is 0.467. The van der Waals surface area contributed by atoms with Crippen LogP contribution in [-0.4, -0.2) is 19.9 Å². The average molecular weight is 303 g/mol. The first-order valence-corrected chi connectivity index (χ1v) is 7.30. The highest BCUT2D eigenvalue weighted by Gasteiger charge is 2.10. The molecule has 22 heavy (non-hydrogen) atoms. The molecule has 0 saturated heterocycles. The van der Waals surface area contributed by atoms with Crippen LogP contribution in [0.15, 0.2) is 21.7 Å². The van der Waals surface area contributed by atoms with Gasteiger partial charge in [0.25, 0.3) is 5.56 Å². The predicted octanol–water partition coefficient (Wildman–Crippen LogP) is 1.71. The van der Waals surface area contributed by atoms with Crippen LogP contribution in [0.3, 0.4) is 0 Å². The molecule has 0 aromatic carbocycles. The van der Waals surface area contributed by atoms with Gasteiger partial charge in [-0.2, -0.15) is 0 Å². The Morgan fingerprint density at radius 2 is 1.77 bits per heavy atom. The van der Waals surface area contributed by atoms with Crippen molar-refractivity contribution in [2.45, 2.75) is 46.1 Å². The molecule has 0 aliphatic carbocycles. The highest BCUT2D eigenvalue weighted by Crippen LogP contribution is 2.19. The van der Waals surface area contributed by atoms with Gasteiger partial charge in [-0.15, -0.1) is 0 Å². The van der Waals surface area contributed by atoms with E-state index in [1.165, 1.54) is 6.07 Å². The minimum Gasteiger partial charge on any atom is -0.364 e. The lowest BCUT2D eigenvalue weighted by Gasteiger charge is -2.13. The molecule has 0 bridgehead atoms. The SMILES string of the molecule is CC(C)c1cc(NCc2cc(=O)[nH]c(=O)[nH]2)nc(C(C)C)n1. The number of hydrogen-bond donors (Lipinski definition) is 3. The first-order chi connectivity index (χ1) is 10.3. The second-order valence-corrected chi connectivity index (χ2v) is 5.81. The summed E-state index contributed by atoms with van der Waals surface area (Å²) in [5.41, 5.74) is 0.525. The van der Waals surface area contributed by atoms with Crippen molar-refractivity contribution in [2.75, 3.05) is 5.32 Å². The number of nitrogens with zero attached hydrogens (tertiary/aromatic N) is 2. The molecular formula is C15H21N5O2. The van der Waals surface area contributed by atoms with E-state index in [9.17, 15) is 9.59 Å². The molecular weight excluding hydrogens is 282 g/mol. The number of rotatable bonds is 5. The van der Waals surface area contributed by atoms with Crippen LogP contribution in [-0.2, 0) is 6.54 Å². The van der Waals surface area contributed by atoms with Gasteiger partial charge in [0.15, 0.2) is 0 Å². The molecule has 2 aromatic rings. The Bertz CT molecular complexity index is 707. The molecule has 7 nitrogen and oxygen atoms in total. The van der Waals surface area contributed by atoms with E-state index in [2.05, 4.69) is 39.1 Å². The summed E-state index contributed by atoms with van der Waals surface area (Å²) < 4.78 is 0. The largest absolute Gasteiger partial charge is 0.364 e. The lowest BCUT2D eigenvalue weighted by molar-refractivity contribution is 0.729. The second-order valence-electron chi connectivity index (χ2n) is 5.81. The van der Waals surface area contributed by atoms with Gasteiger partial charge in [0.1, 0.15) is 11.6 Å². The van der Waals surface area contributed by atoms with Crippen LogP contribution in [0.25, 0.3) is 0 Å². The zero-order chi connectivity index (χ0) is 16.3. The smallest absolute Gasteiger partial charge is 0.325 e. The van der Waals surface area contributed by atoms with Crippen molar-refractivity contribution in [3.63, 3.8) is 0 Å². The molecule has 0 unspecified atom stereocenters. The third-order valence-corrected chi connectivity index (χ3v) is 3.15. The van der Waals surface area contributed by atoms with Crippen LogP contribution in [0.1, 0.15) is 56.7 Å². The van der Waals surface area contributed by atoms with E-state index >= 15 is 0 Å². The molecule has 2 aromatic heterocycles. The maximum Gasteiger partial charge on any atom is 0.325 e. The van der Waals surface area contributed by atoms with Crippen molar-refractivity contribution in [2.24, 2.45) is 0 Å². The zero-order valence-electron chi connectivity index (χ0n) is 13.2. The molecule has 0 amide bonds. The van der Waals surface area contributed by atoms with Crippen LogP contribution < -0.4 is 16.6 Å². The van der Waals surface area contributed by atoms with Gasteiger partial charge < -0.3 is 10.3 Å². The van der Waals surface area contributed by atoms with Crippen LogP contribution >= 0.6 is 0 Å². The number of nitrogens with one attached hydrogen (secondary N) is 3. The van der Waals surface area contributed by atoms with Crippen molar-refractivity contribution in [1.82, 2.24) is 19.9 Å². The predicted molar refractivity (Wildman–Crippen MR) is 85.2 cm³/mol. The van der Waals surface area contributed by atoms with E-state index in [-0.39, 0.29) is 5.92 Å². The number of H-pyrrole nitrogens is 2. The summed E-state index contributed by atoms with van der Waals surface area (Å²) in [4.78, 5) is 36.3. The summed E-state index contributed by atoms with van der Waals surface area (Å²) in [6.07, 6.45) is 0. The van der Waals surface area contributed by atoms with E-state index in [4.69, 9.17) is 0 Å². The molecule has 0 saturated carbocycles. The molecule has 0 aliphatic rings. The van der Waals surface area contributed by atoms with Gasteiger partial charge in [-0.25, -0.2) is 14.8 Å². The highest BCUT2D eigenvalue weighted by atomic mass is 16.2. The number of aromatic amines is 2. The fourth-order valence-corrected chi connectivity index (χ4v) is 1.93. The number of anilines is 1. The van der Waals surface area contributed by atoms with Crippen molar-refractivity contribution in [3.8, 4) is 0 Å². The monoisotopic (exact) mass is 303 g/mol. The normalized spacial score (nSPS) is 11.2. The van der Waals surface area contributed by atoms with Crippen LogP contribution in [0.5, 0.6) is 0 Å². The van der Waals surface area contributed by atoms with Gasteiger partial charge in [-0.3, -0.25) is 9.78 Å². The quantitative estimate of drug-likeness (QED) is 0.780. The first kappa shape index (κ1) is 15.9. The van der Waals surface area contributed by atoms with Crippen molar-refractivity contribution < 1.29 is 0 Å². The summed E-state index contributed by atoms with van der Waals surface area (Å²) in [5, 5.41) is 3.13. The van der Waals surface area contributed by atoms with Gasteiger partial charge in [0.2, 0.25) is 0 Å². The van der Waals surface area contributed by atoms with E-state index in [0.717, 1.165) is 11.5 Å². The fourth-order valence-electron chi connectivity index (χ4n) is 1.93. The Balaban J connectivity index is 2.25. The van der Waals surface area contributed by atoms with Gasteiger partial charge >= 0.3 is 5.69 Å². The molecule has 3 N–H and O–H groups in total. The molecule has 118 valence electrons. The first-order valence-electron chi connectivity index (χ1n) is 7.30. The minimum absolute atomic E-state index is 0.221. The Morgan fingerprint density at radius 3 is 2.36 bits per heavy atom. The summed E-state index contributed by atoms with van der Waals surface area (Å²) >= 11 is 0. The highest BCUT2D eigenvalue weighted by molar-refractivity contribution is 5.37. The summed E-state index contributed by atoms with van der Waals surface area (Å²) in [6.45, 7) is 8.54. The van der Waals surface area contributed by atoms with Crippen LogP contribution in [0.4, 0.5) is 5.82 Å². The average Bonchev–Trinajstić information content (AvgIpc) is 2.43. The molecule has 2 heterocycles. The zero-order valence-corrected chi connectivity index (χ0v) is 13.2. The maximum atomic E-state index is 11.3. The third-order valence-electron chi connectivity index (χ3n) is 3.15. The topological polar surface area (TPSA) is 104 Å². The minimum atomic E-state index is -0.516. The van der Waals surface area contributed by atoms with Gasteiger partial charge in [-0.1, -0.05) is 27.7 Å². The Kier molecular flexibility index (Phi) is 4.75. The third kappa shape index (κ3) is 4.03. The van der Waals surface area contributed by atoms with E-state index in [0.29, 0.717) is 24.0 Å². The molecule has 0 radical (unpaired) electrons. The van der Waals surface area contributed by atoms with Gasteiger partial charge in [0, 0.05) is 29.4 Å². The molecule has 7 heteroatoms. The lowest BCUT2D eigenvalue weighted by Crippen LogP contribution is -2.24. The van der Waals surface area contributed by atoms with Crippen molar-refractivity contribution in [1.29, 1.82) is 0 Å². The van der Waals surface area contributed by atoms with E-state index in [1.807, 2.05) is 19.9 Å². The lowest BCUT2D eigenvalue weighted by atomic mass is 10.1. The van der Waals surface area contributed by atoms with E-state index < -0.39 is 11.2 Å². The molecule has 2 rings (SSSR count). The molecule has 0 aliphatic heterocycles. The molecule has 0 spiro atoms. The summed E-state index contributed by atoms with van der Waals surface area (Å²) in [5.74, 6) is 1.97. The van der Waals surface area contributed by atoms with Gasteiger partial charge in [0.05, 0.1) is 6.54 Å². The second kappa shape index (κ2) is 6.55. The Hall–Kier alpha value is -2.44. The molecule has 0 fully saturated rings. The van der Waals surface area contributed by atoms with Gasteiger partial charge in [-0.05, 0) is 5.92 Å². The van der Waals surface area contributed by atoms with Crippen LogP contribution in [0, 0.1) is 0 Å². The maximum absolute atomic E-state index is 11.3. The summed E-state index contributed by atoms with van der Waals surface area (Å²) in [7, 11) is 0. The number of aromatic nitrogens is 4. The standard InChI is InChI=1S/C15H21N5O2/c1-8(2)11-6-12(19-14(18-11)9(3)4)16-7-10-5-13(21)20-15(22)17-10/h5-6,8-9H,7H2,1-4H3,(H,16,18,19)(H2,17,20,21,22).